The monoisotopic (exact) mass is 265 g/mol. The van der Waals surface area contributed by atoms with Crippen molar-refractivity contribution in [2.45, 2.75) is 0 Å². The zero-order valence-corrected chi connectivity index (χ0v) is 9.97. The number of pyridine rings is 1. The van der Waals surface area contributed by atoms with Crippen molar-refractivity contribution < 1.29 is 8.78 Å². The third-order valence-electron chi connectivity index (χ3n) is 2.26. The van der Waals surface area contributed by atoms with E-state index in [4.69, 9.17) is 18.0 Å². The molecule has 0 radical (unpaired) electrons. The lowest BCUT2D eigenvalue weighted by Gasteiger charge is -2.08. The molecule has 18 heavy (non-hydrogen) atoms. The number of thiocarbonyl (C=S) groups is 1. The zero-order valence-electron chi connectivity index (χ0n) is 9.15. The molecule has 3 nitrogen and oxygen atoms in total. The molecule has 0 spiro atoms. The number of anilines is 2. The van der Waals surface area contributed by atoms with E-state index in [-0.39, 0.29) is 10.7 Å². The van der Waals surface area contributed by atoms with Crippen LogP contribution >= 0.6 is 12.2 Å². The Morgan fingerprint density at radius 2 is 1.83 bits per heavy atom. The van der Waals surface area contributed by atoms with Gasteiger partial charge in [0.05, 0.1) is 0 Å². The lowest BCUT2D eigenvalue weighted by atomic mass is 10.2. The standard InChI is InChI=1S/C12H9F2N3S/c13-8-2-1-3-9(14)11(8)17-10-5-4-7(6-16-10)12(15)18/h1-6H,(H2,15,18)(H,16,17). The van der Waals surface area contributed by atoms with Gasteiger partial charge in [-0.05, 0) is 24.3 Å². The van der Waals surface area contributed by atoms with Crippen molar-refractivity contribution in [3.63, 3.8) is 0 Å². The van der Waals surface area contributed by atoms with Crippen LogP contribution in [0.3, 0.4) is 0 Å². The molecular formula is C12H9F2N3S. The molecule has 0 aliphatic heterocycles. The molecule has 0 amide bonds. The first kappa shape index (κ1) is 12.4. The van der Waals surface area contributed by atoms with Gasteiger partial charge in [0, 0.05) is 11.8 Å². The van der Waals surface area contributed by atoms with E-state index < -0.39 is 11.6 Å². The first-order chi connectivity index (χ1) is 8.58. The summed E-state index contributed by atoms with van der Waals surface area (Å²) in [6.07, 6.45) is 1.43. The number of benzene rings is 1. The highest BCUT2D eigenvalue weighted by Crippen LogP contribution is 2.21. The zero-order chi connectivity index (χ0) is 13.1. The molecule has 0 saturated heterocycles. The van der Waals surface area contributed by atoms with Gasteiger partial charge in [-0.1, -0.05) is 18.3 Å². The summed E-state index contributed by atoms with van der Waals surface area (Å²) in [7, 11) is 0. The number of rotatable bonds is 3. The highest BCUT2D eigenvalue weighted by atomic mass is 32.1. The van der Waals surface area contributed by atoms with Gasteiger partial charge in [-0.25, -0.2) is 13.8 Å². The second-order valence-electron chi connectivity index (χ2n) is 3.52. The van der Waals surface area contributed by atoms with Crippen LogP contribution in [0.5, 0.6) is 0 Å². The molecule has 2 rings (SSSR count). The van der Waals surface area contributed by atoms with Crippen molar-refractivity contribution in [2.75, 3.05) is 5.32 Å². The van der Waals surface area contributed by atoms with E-state index in [0.717, 1.165) is 12.1 Å². The number of hydrogen-bond acceptors (Lipinski definition) is 3. The average molecular weight is 265 g/mol. The van der Waals surface area contributed by atoms with E-state index in [9.17, 15) is 8.78 Å². The maximum absolute atomic E-state index is 13.4. The molecule has 1 heterocycles. The quantitative estimate of drug-likeness (QED) is 0.838. The summed E-state index contributed by atoms with van der Waals surface area (Å²) in [4.78, 5) is 4.18. The van der Waals surface area contributed by atoms with Crippen molar-refractivity contribution in [1.82, 2.24) is 4.98 Å². The number of nitrogens with two attached hydrogens (primary N) is 1. The summed E-state index contributed by atoms with van der Waals surface area (Å²) in [6, 6.07) is 6.78. The Morgan fingerprint density at radius 3 is 2.33 bits per heavy atom. The first-order valence-electron chi connectivity index (χ1n) is 5.05. The maximum Gasteiger partial charge on any atom is 0.149 e. The van der Waals surface area contributed by atoms with E-state index in [1.54, 1.807) is 12.1 Å². The molecular weight excluding hydrogens is 256 g/mol. The summed E-state index contributed by atoms with van der Waals surface area (Å²) in [6.45, 7) is 0. The van der Waals surface area contributed by atoms with E-state index in [2.05, 4.69) is 10.3 Å². The third kappa shape index (κ3) is 2.60. The van der Waals surface area contributed by atoms with Gasteiger partial charge in [0.25, 0.3) is 0 Å². The van der Waals surface area contributed by atoms with Crippen molar-refractivity contribution in [1.29, 1.82) is 0 Å². The van der Waals surface area contributed by atoms with Crippen LogP contribution in [0.25, 0.3) is 0 Å². The summed E-state index contributed by atoms with van der Waals surface area (Å²) < 4.78 is 26.7. The Bertz CT molecular complexity index is 564. The molecule has 92 valence electrons. The molecule has 0 bridgehead atoms. The number of hydrogen-bond donors (Lipinski definition) is 2. The molecule has 0 atom stereocenters. The Kier molecular flexibility index (Phi) is 3.47. The Hall–Kier alpha value is -2.08. The van der Waals surface area contributed by atoms with Crippen LogP contribution in [0.15, 0.2) is 36.5 Å². The topological polar surface area (TPSA) is 50.9 Å². The molecule has 1 aromatic carbocycles. The van der Waals surface area contributed by atoms with Gasteiger partial charge in [0.1, 0.15) is 28.1 Å². The van der Waals surface area contributed by atoms with Crippen molar-refractivity contribution in [2.24, 2.45) is 5.73 Å². The molecule has 0 aliphatic rings. The van der Waals surface area contributed by atoms with Crippen molar-refractivity contribution in [3.05, 3.63) is 53.7 Å². The van der Waals surface area contributed by atoms with Gasteiger partial charge in [-0.2, -0.15) is 0 Å². The predicted molar refractivity (Wildman–Crippen MR) is 69.8 cm³/mol. The van der Waals surface area contributed by atoms with Crippen LogP contribution in [0, 0.1) is 11.6 Å². The number of para-hydroxylation sites is 1. The molecule has 0 fully saturated rings. The predicted octanol–water partition coefficient (Wildman–Crippen LogP) is 2.74. The van der Waals surface area contributed by atoms with Crippen LogP contribution < -0.4 is 11.1 Å². The Balaban J connectivity index is 2.26. The smallest absolute Gasteiger partial charge is 0.149 e. The van der Waals surface area contributed by atoms with Gasteiger partial charge >= 0.3 is 0 Å². The summed E-state index contributed by atoms with van der Waals surface area (Å²) in [5.41, 5.74) is 5.76. The lowest BCUT2D eigenvalue weighted by Crippen LogP contribution is -2.09. The molecule has 0 unspecified atom stereocenters. The molecule has 1 aromatic heterocycles. The Labute approximate surface area is 108 Å². The van der Waals surface area contributed by atoms with Gasteiger partial charge < -0.3 is 11.1 Å². The fraction of sp³-hybridized carbons (Fsp3) is 0. The summed E-state index contributed by atoms with van der Waals surface area (Å²) in [5, 5.41) is 2.56. The summed E-state index contributed by atoms with van der Waals surface area (Å²) >= 11 is 4.77. The lowest BCUT2D eigenvalue weighted by molar-refractivity contribution is 0.590. The van der Waals surface area contributed by atoms with Gasteiger partial charge in [0.15, 0.2) is 0 Å². The Morgan fingerprint density at radius 1 is 1.17 bits per heavy atom. The largest absolute Gasteiger partial charge is 0.389 e. The minimum Gasteiger partial charge on any atom is -0.389 e. The van der Waals surface area contributed by atoms with E-state index in [1.807, 2.05) is 0 Å². The molecule has 6 heteroatoms. The van der Waals surface area contributed by atoms with Gasteiger partial charge in [0.2, 0.25) is 0 Å². The van der Waals surface area contributed by atoms with Crippen LogP contribution in [0.1, 0.15) is 5.56 Å². The van der Waals surface area contributed by atoms with Gasteiger partial charge in [-0.15, -0.1) is 0 Å². The number of aromatic nitrogens is 1. The molecule has 0 aliphatic carbocycles. The number of nitrogens with one attached hydrogen (secondary N) is 1. The minimum absolute atomic E-state index is 0.214. The number of nitrogens with zero attached hydrogens (tertiary/aromatic N) is 1. The molecule has 2 aromatic rings. The highest BCUT2D eigenvalue weighted by molar-refractivity contribution is 7.80. The van der Waals surface area contributed by atoms with E-state index in [1.165, 1.54) is 12.3 Å². The normalized spacial score (nSPS) is 10.1. The van der Waals surface area contributed by atoms with E-state index in [0.29, 0.717) is 11.4 Å². The number of halogens is 2. The molecule has 0 saturated carbocycles. The van der Waals surface area contributed by atoms with E-state index >= 15 is 0 Å². The highest BCUT2D eigenvalue weighted by Gasteiger charge is 2.08. The van der Waals surface area contributed by atoms with Crippen molar-refractivity contribution in [3.8, 4) is 0 Å². The SMILES string of the molecule is NC(=S)c1ccc(Nc2c(F)cccc2F)nc1. The van der Waals surface area contributed by atoms with Crippen molar-refractivity contribution >= 4 is 28.7 Å². The maximum atomic E-state index is 13.4. The van der Waals surface area contributed by atoms with Crippen LogP contribution in [-0.2, 0) is 0 Å². The third-order valence-corrected chi connectivity index (χ3v) is 2.50. The fourth-order valence-corrected chi connectivity index (χ4v) is 1.48. The molecule has 3 N–H and O–H groups in total. The van der Waals surface area contributed by atoms with Crippen LogP contribution in [0.4, 0.5) is 20.3 Å². The fourth-order valence-electron chi connectivity index (χ4n) is 1.36. The second-order valence-corrected chi connectivity index (χ2v) is 3.96. The minimum atomic E-state index is -0.685. The van der Waals surface area contributed by atoms with Crippen LogP contribution in [0.2, 0.25) is 0 Å². The first-order valence-corrected chi connectivity index (χ1v) is 5.45. The summed E-state index contributed by atoms with van der Waals surface area (Å²) in [5.74, 6) is -1.07. The van der Waals surface area contributed by atoms with Gasteiger partial charge in [-0.3, -0.25) is 0 Å². The average Bonchev–Trinajstić information content (AvgIpc) is 2.34. The van der Waals surface area contributed by atoms with Crippen LogP contribution in [-0.4, -0.2) is 9.97 Å². The second kappa shape index (κ2) is 5.05.